The van der Waals surface area contributed by atoms with E-state index in [-0.39, 0.29) is 5.56 Å². The lowest BCUT2D eigenvalue weighted by molar-refractivity contribution is 0.761. The SMILES string of the molecule is Cc1cc(-c2cc(=O)[nH]c(=S)[nH]2)n(C)n1. The van der Waals surface area contributed by atoms with Crippen LogP contribution in [0, 0.1) is 11.7 Å². The van der Waals surface area contributed by atoms with Crippen LogP contribution >= 0.6 is 12.2 Å². The van der Waals surface area contributed by atoms with Gasteiger partial charge >= 0.3 is 0 Å². The Balaban J connectivity index is 2.68. The van der Waals surface area contributed by atoms with Gasteiger partial charge in [-0.2, -0.15) is 5.10 Å². The van der Waals surface area contributed by atoms with Crippen LogP contribution in [0.5, 0.6) is 0 Å². The first-order valence-electron chi connectivity index (χ1n) is 4.41. The van der Waals surface area contributed by atoms with Crippen molar-refractivity contribution in [3.63, 3.8) is 0 Å². The molecule has 0 fully saturated rings. The number of hydrogen-bond donors (Lipinski definition) is 2. The molecule has 0 saturated carbocycles. The number of aromatic amines is 2. The lowest BCUT2D eigenvalue weighted by atomic mass is 10.3. The van der Waals surface area contributed by atoms with Crippen molar-refractivity contribution in [3.8, 4) is 11.4 Å². The average Bonchev–Trinajstić information content (AvgIpc) is 2.43. The van der Waals surface area contributed by atoms with E-state index in [1.807, 2.05) is 20.0 Å². The highest BCUT2D eigenvalue weighted by Gasteiger charge is 2.05. The van der Waals surface area contributed by atoms with Crippen LogP contribution in [0.1, 0.15) is 5.69 Å². The predicted molar refractivity (Wildman–Crippen MR) is 59.2 cm³/mol. The Morgan fingerprint density at radius 2 is 2.13 bits per heavy atom. The Kier molecular flexibility index (Phi) is 2.28. The van der Waals surface area contributed by atoms with E-state index in [4.69, 9.17) is 12.2 Å². The molecule has 6 heteroatoms. The first kappa shape index (κ1) is 9.85. The van der Waals surface area contributed by atoms with E-state index < -0.39 is 0 Å². The van der Waals surface area contributed by atoms with Gasteiger partial charge in [-0.3, -0.25) is 14.5 Å². The molecule has 0 aliphatic carbocycles. The molecule has 78 valence electrons. The van der Waals surface area contributed by atoms with Gasteiger partial charge in [0.25, 0.3) is 5.56 Å². The van der Waals surface area contributed by atoms with Crippen LogP contribution in [0.3, 0.4) is 0 Å². The van der Waals surface area contributed by atoms with Gasteiger partial charge in [0, 0.05) is 13.1 Å². The first-order chi connectivity index (χ1) is 7.06. The molecule has 0 aromatic carbocycles. The molecule has 2 heterocycles. The summed E-state index contributed by atoms with van der Waals surface area (Å²) in [6, 6.07) is 3.35. The van der Waals surface area contributed by atoms with Gasteiger partial charge in [0.1, 0.15) is 0 Å². The normalized spacial score (nSPS) is 10.5. The Bertz CT molecular complexity index is 579. The topological polar surface area (TPSA) is 66.5 Å². The Labute approximate surface area is 90.8 Å². The molecular weight excluding hydrogens is 212 g/mol. The number of aromatic nitrogens is 4. The molecule has 15 heavy (non-hydrogen) atoms. The van der Waals surface area contributed by atoms with Crippen molar-refractivity contribution in [3.05, 3.63) is 33.0 Å². The minimum absolute atomic E-state index is 0.215. The van der Waals surface area contributed by atoms with Gasteiger partial charge in [-0.15, -0.1) is 0 Å². The second-order valence-corrected chi connectivity index (χ2v) is 3.70. The summed E-state index contributed by atoms with van der Waals surface area (Å²) in [5.41, 5.74) is 2.19. The van der Waals surface area contributed by atoms with Gasteiger partial charge in [0.2, 0.25) is 0 Å². The number of nitrogens with zero attached hydrogens (tertiary/aromatic N) is 2. The molecule has 0 aliphatic rings. The van der Waals surface area contributed by atoms with Crippen LogP contribution in [0.15, 0.2) is 16.9 Å². The highest BCUT2D eigenvalue weighted by Crippen LogP contribution is 2.14. The maximum Gasteiger partial charge on any atom is 0.252 e. The van der Waals surface area contributed by atoms with E-state index in [1.165, 1.54) is 6.07 Å². The number of H-pyrrole nitrogens is 2. The monoisotopic (exact) mass is 222 g/mol. The summed E-state index contributed by atoms with van der Waals surface area (Å²) in [4.78, 5) is 16.6. The molecular formula is C9H10N4OS. The first-order valence-corrected chi connectivity index (χ1v) is 4.82. The molecule has 0 saturated heterocycles. The van der Waals surface area contributed by atoms with Crippen molar-refractivity contribution in [2.45, 2.75) is 6.92 Å². The Hall–Kier alpha value is -1.69. The van der Waals surface area contributed by atoms with Crippen LogP contribution in [0.2, 0.25) is 0 Å². The summed E-state index contributed by atoms with van der Waals surface area (Å²) in [5.74, 6) is 0. The summed E-state index contributed by atoms with van der Waals surface area (Å²) in [7, 11) is 1.82. The third kappa shape index (κ3) is 1.89. The molecule has 2 rings (SSSR count). The van der Waals surface area contributed by atoms with Gasteiger partial charge in [-0.25, -0.2) is 0 Å². The fraction of sp³-hybridized carbons (Fsp3) is 0.222. The van der Waals surface area contributed by atoms with E-state index in [0.29, 0.717) is 10.5 Å². The maximum atomic E-state index is 11.2. The molecule has 2 N–H and O–H groups in total. The van der Waals surface area contributed by atoms with Crippen molar-refractivity contribution in [1.82, 2.24) is 19.7 Å². The third-order valence-corrected chi connectivity index (χ3v) is 2.24. The van der Waals surface area contributed by atoms with Crippen LogP contribution in [-0.2, 0) is 7.05 Å². The standard InChI is InChI=1S/C9H10N4OS/c1-5-3-7(13(2)12-5)6-4-8(14)11-9(15)10-6/h3-4H,1-2H3,(H2,10,11,14,15). The van der Waals surface area contributed by atoms with Gasteiger partial charge in [0.15, 0.2) is 4.77 Å². The van der Waals surface area contributed by atoms with Gasteiger partial charge < -0.3 is 4.98 Å². The second kappa shape index (κ2) is 3.47. The maximum absolute atomic E-state index is 11.2. The lowest BCUT2D eigenvalue weighted by Crippen LogP contribution is -2.07. The van der Waals surface area contributed by atoms with Gasteiger partial charge in [-0.1, -0.05) is 0 Å². The van der Waals surface area contributed by atoms with Crippen LogP contribution in [-0.4, -0.2) is 19.7 Å². The molecule has 2 aromatic rings. The van der Waals surface area contributed by atoms with E-state index in [2.05, 4.69) is 15.1 Å². The second-order valence-electron chi connectivity index (χ2n) is 3.30. The van der Waals surface area contributed by atoms with E-state index in [9.17, 15) is 4.79 Å². The van der Waals surface area contributed by atoms with Crippen molar-refractivity contribution in [2.75, 3.05) is 0 Å². The zero-order chi connectivity index (χ0) is 11.0. The Morgan fingerprint density at radius 1 is 1.40 bits per heavy atom. The smallest absolute Gasteiger partial charge is 0.252 e. The van der Waals surface area contributed by atoms with Crippen LogP contribution < -0.4 is 5.56 Å². The zero-order valence-corrected chi connectivity index (χ0v) is 9.18. The van der Waals surface area contributed by atoms with Gasteiger partial charge in [0.05, 0.1) is 17.1 Å². The van der Waals surface area contributed by atoms with E-state index in [1.54, 1.807) is 4.68 Å². The summed E-state index contributed by atoms with van der Waals surface area (Å²) >= 11 is 4.90. The molecule has 0 spiro atoms. The number of aryl methyl sites for hydroxylation is 2. The third-order valence-electron chi connectivity index (χ3n) is 2.04. The van der Waals surface area contributed by atoms with Crippen LogP contribution in [0.25, 0.3) is 11.4 Å². The summed E-state index contributed by atoms with van der Waals surface area (Å²) in [5, 5.41) is 4.20. The van der Waals surface area contributed by atoms with Crippen molar-refractivity contribution < 1.29 is 0 Å². The minimum Gasteiger partial charge on any atom is -0.330 e. The van der Waals surface area contributed by atoms with Crippen LogP contribution in [0.4, 0.5) is 0 Å². The number of hydrogen-bond acceptors (Lipinski definition) is 3. The molecule has 0 aliphatic heterocycles. The van der Waals surface area contributed by atoms with Crippen molar-refractivity contribution in [1.29, 1.82) is 0 Å². The van der Waals surface area contributed by atoms with E-state index >= 15 is 0 Å². The fourth-order valence-electron chi connectivity index (χ4n) is 1.47. The van der Waals surface area contributed by atoms with Crippen molar-refractivity contribution >= 4 is 12.2 Å². The highest BCUT2D eigenvalue weighted by molar-refractivity contribution is 7.71. The quantitative estimate of drug-likeness (QED) is 0.711. The average molecular weight is 222 g/mol. The number of nitrogens with one attached hydrogen (secondary N) is 2. The molecule has 0 bridgehead atoms. The molecule has 5 nitrogen and oxygen atoms in total. The van der Waals surface area contributed by atoms with E-state index in [0.717, 1.165) is 11.4 Å². The lowest BCUT2D eigenvalue weighted by Gasteiger charge is -2.00. The Morgan fingerprint density at radius 3 is 2.67 bits per heavy atom. The summed E-state index contributed by atoms with van der Waals surface area (Å²) < 4.78 is 2.02. The molecule has 0 atom stereocenters. The fourth-order valence-corrected chi connectivity index (χ4v) is 1.68. The minimum atomic E-state index is -0.215. The van der Waals surface area contributed by atoms with Crippen molar-refractivity contribution in [2.24, 2.45) is 7.05 Å². The summed E-state index contributed by atoms with van der Waals surface area (Å²) in [6.07, 6.45) is 0. The molecule has 0 unspecified atom stereocenters. The molecule has 2 aromatic heterocycles. The highest BCUT2D eigenvalue weighted by atomic mass is 32.1. The molecule has 0 amide bonds. The predicted octanol–water partition coefficient (Wildman–Crippen LogP) is 1.14. The zero-order valence-electron chi connectivity index (χ0n) is 8.37. The van der Waals surface area contributed by atoms with Gasteiger partial charge in [-0.05, 0) is 25.2 Å². The molecule has 0 radical (unpaired) electrons. The summed E-state index contributed by atoms with van der Waals surface area (Å²) in [6.45, 7) is 1.89. The largest absolute Gasteiger partial charge is 0.330 e. The number of rotatable bonds is 1.